The summed E-state index contributed by atoms with van der Waals surface area (Å²) in [6.45, 7) is 7.23. The van der Waals surface area contributed by atoms with E-state index in [1.807, 2.05) is 0 Å². The van der Waals surface area contributed by atoms with E-state index < -0.39 is 0 Å². The molecule has 0 aliphatic rings. The van der Waals surface area contributed by atoms with Crippen LogP contribution in [0, 0.1) is 13.8 Å². The number of hydrogen-bond donors (Lipinski definition) is 1. The van der Waals surface area contributed by atoms with Crippen molar-refractivity contribution in [1.29, 1.82) is 0 Å². The van der Waals surface area contributed by atoms with E-state index in [1.54, 1.807) is 0 Å². The molecule has 0 aliphatic carbocycles. The molecule has 0 fully saturated rings. The average Bonchev–Trinajstić information content (AvgIpc) is 2.15. The van der Waals surface area contributed by atoms with Gasteiger partial charge in [0.25, 0.3) is 0 Å². The van der Waals surface area contributed by atoms with Crippen molar-refractivity contribution < 1.29 is 0 Å². The molecule has 0 aliphatic heterocycles. The summed E-state index contributed by atoms with van der Waals surface area (Å²) in [4.78, 5) is 2.30. The van der Waals surface area contributed by atoms with Gasteiger partial charge in [-0.3, -0.25) is 0 Å². The fraction of sp³-hybridized carbons (Fsp3) is 0.538. The molecule has 0 saturated heterocycles. The van der Waals surface area contributed by atoms with Crippen LogP contribution in [0.25, 0.3) is 0 Å². The van der Waals surface area contributed by atoms with Crippen molar-refractivity contribution in [3.63, 3.8) is 0 Å². The lowest BCUT2D eigenvalue weighted by atomic mass is 10.1. The maximum absolute atomic E-state index is 5.58. The molecule has 1 aromatic carbocycles. The van der Waals surface area contributed by atoms with Crippen molar-refractivity contribution in [1.82, 2.24) is 0 Å². The quantitative estimate of drug-likeness (QED) is 0.820. The van der Waals surface area contributed by atoms with E-state index in [1.165, 1.54) is 16.8 Å². The molecule has 1 rings (SSSR count). The standard InChI is InChI=1S/C13H22N2/c1-10-7-11(2)9-13(8-10)15(4)12(3)5-6-14/h7-9,12H,5-6,14H2,1-4H3. The highest BCUT2D eigenvalue weighted by Crippen LogP contribution is 2.20. The molecule has 0 radical (unpaired) electrons. The zero-order valence-electron chi connectivity index (χ0n) is 10.2. The zero-order valence-corrected chi connectivity index (χ0v) is 10.2. The maximum Gasteiger partial charge on any atom is 0.0371 e. The summed E-state index contributed by atoms with van der Waals surface area (Å²) >= 11 is 0. The van der Waals surface area contributed by atoms with Gasteiger partial charge in [-0.15, -0.1) is 0 Å². The van der Waals surface area contributed by atoms with Gasteiger partial charge in [-0.25, -0.2) is 0 Å². The molecule has 1 aromatic rings. The highest BCUT2D eigenvalue weighted by molar-refractivity contribution is 5.50. The fourth-order valence-corrected chi connectivity index (χ4v) is 1.84. The van der Waals surface area contributed by atoms with Gasteiger partial charge in [-0.1, -0.05) is 6.07 Å². The van der Waals surface area contributed by atoms with Crippen molar-refractivity contribution in [2.45, 2.75) is 33.2 Å². The molecule has 0 heterocycles. The fourth-order valence-electron chi connectivity index (χ4n) is 1.84. The van der Waals surface area contributed by atoms with E-state index in [2.05, 4.69) is 50.9 Å². The minimum atomic E-state index is 0.496. The highest BCUT2D eigenvalue weighted by atomic mass is 15.1. The van der Waals surface area contributed by atoms with Crippen LogP contribution in [0.3, 0.4) is 0 Å². The van der Waals surface area contributed by atoms with Crippen LogP contribution in [0.15, 0.2) is 18.2 Å². The first-order valence-electron chi connectivity index (χ1n) is 5.55. The number of nitrogens with two attached hydrogens (primary N) is 1. The molecule has 0 saturated carbocycles. The Morgan fingerprint density at radius 2 is 1.73 bits per heavy atom. The third-order valence-electron chi connectivity index (χ3n) is 2.86. The molecule has 1 atom stereocenters. The second kappa shape index (κ2) is 5.17. The van der Waals surface area contributed by atoms with Gasteiger partial charge in [0.15, 0.2) is 0 Å². The van der Waals surface area contributed by atoms with Gasteiger partial charge in [0.05, 0.1) is 0 Å². The summed E-state index contributed by atoms with van der Waals surface area (Å²) in [7, 11) is 2.13. The lowest BCUT2D eigenvalue weighted by molar-refractivity contribution is 0.635. The van der Waals surface area contributed by atoms with Crippen LogP contribution in [0.2, 0.25) is 0 Å². The Balaban J connectivity index is 2.85. The molecular weight excluding hydrogens is 184 g/mol. The summed E-state index contributed by atoms with van der Waals surface area (Å²) in [5.74, 6) is 0. The lowest BCUT2D eigenvalue weighted by Crippen LogP contribution is -2.30. The van der Waals surface area contributed by atoms with E-state index in [0.717, 1.165) is 13.0 Å². The Labute approximate surface area is 93.1 Å². The van der Waals surface area contributed by atoms with Crippen molar-refractivity contribution in [3.8, 4) is 0 Å². The van der Waals surface area contributed by atoms with Crippen LogP contribution < -0.4 is 10.6 Å². The monoisotopic (exact) mass is 206 g/mol. The summed E-state index contributed by atoms with van der Waals surface area (Å²) in [6, 6.07) is 7.14. The molecule has 15 heavy (non-hydrogen) atoms. The van der Waals surface area contributed by atoms with Gasteiger partial charge in [-0.05, 0) is 57.0 Å². The van der Waals surface area contributed by atoms with Crippen molar-refractivity contribution in [2.24, 2.45) is 5.73 Å². The molecule has 2 nitrogen and oxygen atoms in total. The number of anilines is 1. The summed E-state index contributed by atoms with van der Waals surface area (Å²) in [6.07, 6.45) is 1.03. The third kappa shape index (κ3) is 3.24. The van der Waals surface area contributed by atoms with Gasteiger partial charge < -0.3 is 10.6 Å². The normalized spacial score (nSPS) is 12.6. The Hall–Kier alpha value is -1.02. The van der Waals surface area contributed by atoms with Crippen molar-refractivity contribution >= 4 is 5.69 Å². The molecule has 1 unspecified atom stereocenters. The molecule has 2 N–H and O–H groups in total. The number of benzene rings is 1. The summed E-state index contributed by atoms with van der Waals surface area (Å²) < 4.78 is 0. The first-order chi connectivity index (χ1) is 7.04. The number of rotatable bonds is 4. The van der Waals surface area contributed by atoms with Crippen LogP contribution in [-0.4, -0.2) is 19.6 Å². The van der Waals surface area contributed by atoms with Crippen molar-refractivity contribution in [2.75, 3.05) is 18.5 Å². The van der Waals surface area contributed by atoms with Crippen LogP contribution in [-0.2, 0) is 0 Å². The van der Waals surface area contributed by atoms with E-state index in [4.69, 9.17) is 5.73 Å². The van der Waals surface area contributed by atoms with Gasteiger partial charge >= 0.3 is 0 Å². The predicted octanol–water partition coefficient (Wildman–Crippen LogP) is 2.48. The second-order valence-electron chi connectivity index (χ2n) is 4.38. The summed E-state index contributed by atoms with van der Waals surface area (Å²) in [5.41, 5.74) is 9.50. The van der Waals surface area contributed by atoms with Crippen LogP contribution >= 0.6 is 0 Å². The van der Waals surface area contributed by atoms with Gasteiger partial charge in [0.1, 0.15) is 0 Å². The average molecular weight is 206 g/mol. The molecule has 0 amide bonds. The first-order valence-corrected chi connectivity index (χ1v) is 5.55. The SMILES string of the molecule is Cc1cc(C)cc(N(C)C(C)CCN)c1. The highest BCUT2D eigenvalue weighted by Gasteiger charge is 2.09. The lowest BCUT2D eigenvalue weighted by Gasteiger charge is -2.27. The molecule has 0 spiro atoms. The minimum Gasteiger partial charge on any atom is -0.372 e. The summed E-state index contributed by atoms with van der Waals surface area (Å²) in [5, 5.41) is 0. The van der Waals surface area contributed by atoms with Crippen molar-refractivity contribution in [3.05, 3.63) is 29.3 Å². The number of nitrogens with zero attached hydrogens (tertiary/aromatic N) is 1. The van der Waals surface area contributed by atoms with E-state index >= 15 is 0 Å². The van der Waals surface area contributed by atoms with Gasteiger partial charge in [0, 0.05) is 18.8 Å². The van der Waals surface area contributed by atoms with Gasteiger partial charge in [-0.2, -0.15) is 0 Å². The second-order valence-corrected chi connectivity index (χ2v) is 4.38. The van der Waals surface area contributed by atoms with Crippen LogP contribution in [0.4, 0.5) is 5.69 Å². The Bertz CT molecular complexity index is 300. The Morgan fingerprint density at radius 3 is 2.20 bits per heavy atom. The largest absolute Gasteiger partial charge is 0.372 e. The zero-order chi connectivity index (χ0) is 11.4. The number of aryl methyl sites for hydroxylation is 2. The topological polar surface area (TPSA) is 29.3 Å². The van der Waals surface area contributed by atoms with E-state index in [9.17, 15) is 0 Å². The maximum atomic E-state index is 5.58. The van der Waals surface area contributed by atoms with Gasteiger partial charge in [0.2, 0.25) is 0 Å². The molecule has 0 bridgehead atoms. The van der Waals surface area contributed by atoms with Crippen LogP contribution in [0.1, 0.15) is 24.5 Å². The predicted molar refractivity (Wildman–Crippen MR) is 67.5 cm³/mol. The number of hydrogen-bond acceptors (Lipinski definition) is 2. The Morgan fingerprint density at radius 1 is 1.20 bits per heavy atom. The first kappa shape index (κ1) is 12.1. The van der Waals surface area contributed by atoms with E-state index in [-0.39, 0.29) is 0 Å². The smallest absolute Gasteiger partial charge is 0.0371 e. The van der Waals surface area contributed by atoms with Crippen LogP contribution in [0.5, 0.6) is 0 Å². The molecule has 0 aromatic heterocycles. The molecule has 84 valence electrons. The third-order valence-corrected chi connectivity index (χ3v) is 2.86. The van der Waals surface area contributed by atoms with E-state index in [0.29, 0.717) is 6.04 Å². The molecular formula is C13H22N2. The minimum absolute atomic E-state index is 0.496. The Kier molecular flexibility index (Phi) is 4.15. The molecule has 2 heteroatoms.